The summed E-state index contributed by atoms with van der Waals surface area (Å²) < 4.78 is 0. The largest absolute Gasteiger partial charge is 0.346 e. The lowest BCUT2D eigenvalue weighted by atomic mass is 9.68. The third-order valence-corrected chi connectivity index (χ3v) is 6.34. The molecule has 1 aliphatic rings. The zero-order chi connectivity index (χ0) is 23.4. The second-order valence-electron chi connectivity index (χ2n) is 8.20. The van der Waals surface area contributed by atoms with Crippen LogP contribution in [0.1, 0.15) is 27.0 Å². The lowest BCUT2D eigenvalue weighted by Gasteiger charge is -2.34. The number of allylic oxidation sites excluding steroid dienone is 2. The van der Waals surface area contributed by atoms with Gasteiger partial charge in [0.1, 0.15) is 0 Å². The number of para-hydroxylation sites is 1. The summed E-state index contributed by atoms with van der Waals surface area (Å²) >= 11 is 0. The van der Waals surface area contributed by atoms with Crippen molar-refractivity contribution in [2.45, 2.75) is 5.41 Å². The molecule has 0 aliphatic carbocycles. The van der Waals surface area contributed by atoms with Crippen molar-refractivity contribution in [2.24, 2.45) is 5.10 Å². The highest BCUT2D eigenvalue weighted by Crippen LogP contribution is 2.54. The van der Waals surface area contributed by atoms with E-state index >= 15 is 0 Å². The number of hydrogen-bond acceptors (Lipinski definition) is 3. The predicted octanol–water partition coefficient (Wildman–Crippen LogP) is 5.77. The maximum Gasteiger partial charge on any atom is 0.271 e. The number of amides is 1. The van der Waals surface area contributed by atoms with Gasteiger partial charge in [-0.1, -0.05) is 97.1 Å². The van der Waals surface area contributed by atoms with E-state index < -0.39 is 5.41 Å². The summed E-state index contributed by atoms with van der Waals surface area (Å²) in [6.45, 7) is 0. The Hall–Kier alpha value is -4.44. The summed E-state index contributed by atoms with van der Waals surface area (Å²) in [6.07, 6.45) is 3.66. The van der Waals surface area contributed by atoms with Gasteiger partial charge in [-0.3, -0.25) is 4.79 Å². The molecule has 1 aliphatic heterocycles. The third-order valence-electron chi connectivity index (χ3n) is 6.34. The second kappa shape index (κ2) is 9.20. The molecule has 0 saturated carbocycles. The Morgan fingerprint density at radius 2 is 1.29 bits per heavy atom. The Bertz CT molecular complexity index is 1310. The molecule has 0 saturated heterocycles. The molecule has 0 aromatic heterocycles. The van der Waals surface area contributed by atoms with E-state index in [-0.39, 0.29) is 5.91 Å². The second-order valence-corrected chi connectivity index (χ2v) is 8.20. The highest BCUT2D eigenvalue weighted by atomic mass is 16.2. The molecule has 0 spiro atoms. The zero-order valence-corrected chi connectivity index (χ0v) is 18.9. The van der Waals surface area contributed by atoms with Gasteiger partial charge in [-0.2, -0.15) is 5.10 Å². The number of nitrogens with zero attached hydrogens (tertiary/aromatic N) is 2. The van der Waals surface area contributed by atoms with Crippen LogP contribution < -0.4 is 10.3 Å². The van der Waals surface area contributed by atoms with Crippen molar-refractivity contribution in [3.05, 3.63) is 149 Å². The van der Waals surface area contributed by atoms with E-state index in [1.54, 1.807) is 18.3 Å². The molecule has 0 atom stereocenters. The van der Waals surface area contributed by atoms with Gasteiger partial charge in [0.15, 0.2) is 0 Å². The van der Waals surface area contributed by atoms with Crippen LogP contribution in [0.15, 0.2) is 132 Å². The minimum absolute atomic E-state index is 0.240. The molecule has 0 bridgehead atoms. The van der Waals surface area contributed by atoms with Crippen molar-refractivity contribution in [2.75, 3.05) is 11.9 Å². The topological polar surface area (TPSA) is 44.7 Å². The first-order valence-electron chi connectivity index (χ1n) is 11.3. The monoisotopic (exact) mass is 443 g/mol. The fourth-order valence-electron chi connectivity index (χ4n) is 4.85. The molecule has 4 nitrogen and oxygen atoms in total. The molecule has 1 heterocycles. The molecule has 5 rings (SSSR count). The third kappa shape index (κ3) is 3.59. The number of hydrogen-bond donors (Lipinski definition) is 1. The van der Waals surface area contributed by atoms with Crippen LogP contribution in [0.25, 0.3) is 0 Å². The number of benzene rings is 4. The van der Waals surface area contributed by atoms with Crippen molar-refractivity contribution in [1.82, 2.24) is 5.43 Å². The normalized spacial score (nSPS) is 15.4. The van der Waals surface area contributed by atoms with E-state index in [9.17, 15) is 4.79 Å². The summed E-state index contributed by atoms with van der Waals surface area (Å²) in [5, 5.41) is 4.23. The molecule has 1 N–H and O–H groups in total. The average Bonchev–Trinajstić information content (AvgIpc) is 3.16. The van der Waals surface area contributed by atoms with Crippen LogP contribution >= 0.6 is 0 Å². The van der Waals surface area contributed by atoms with Crippen LogP contribution in [-0.4, -0.2) is 19.2 Å². The number of carbonyl (C=O) groups is 1. The summed E-state index contributed by atoms with van der Waals surface area (Å²) in [7, 11) is 2.08. The average molecular weight is 444 g/mol. The first kappa shape index (κ1) is 21.4. The van der Waals surface area contributed by atoms with E-state index in [1.165, 1.54) is 16.7 Å². The van der Waals surface area contributed by atoms with Crippen LogP contribution in [-0.2, 0) is 5.41 Å². The van der Waals surface area contributed by atoms with Crippen LogP contribution in [0.5, 0.6) is 0 Å². The van der Waals surface area contributed by atoms with Gasteiger partial charge in [0, 0.05) is 30.2 Å². The lowest BCUT2D eigenvalue weighted by Crippen LogP contribution is -2.32. The molecule has 0 radical (unpaired) electrons. The fourth-order valence-corrected chi connectivity index (χ4v) is 4.85. The first-order valence-corrected chi connectivity index (χ1v) is 11.3. The Morgan fingerprint density at radius 3 is 1.91 bits per heavy atom. The Balaban J connectivity index is 1.62. The molecule has 0 fully saturated rings. The molecule has 34 heavy (non-hydrogen) atoms. The van der Waals surface area contributed by atoms with Gasteiger partial charge >= 0.3 is 0 Å². The lowest BCUT2D eigenvalue weighted by molar-refractivity contribution is 0.0955. The van der Waals surface area contributed by atoms with Crippen molar-refractivity contribution < 1.29 is 4.79 Å². The van der Waals surface area contributed by atoms with Gasteiger partial charge in [0.05, 0.1) is 5.41 Å². The molecular weight excluding hydrogens is 418 g/mol. The Kier molecular flexibility index (Phi) is 5.79. The van der Waals surface area contributed by atoms with Crippen molar-refractivity contribution >= 4 is 17.8 Å². The Labute approximate surface area is 199 Å². The molecule has 4 aromatic rings. The number of fused-ring (bicyclic) bond motifs is 1. The molecule has 166 valence electrons. The quantitative estimate of drug-likeness (QED) is 0.314. The molecule has 4 heteroatoms. The maximum atomic E-state index is 12.4. The number of anilines is 1. The minimum Gasteiger partial charge on any atom is -0.346 e. The highest BCUT2D eigenvalue weighted by Gasteiger charge is 2.48. The van der Waals surface area contributed by atoms with Gasteiger partial charge in [-0.25, -0.2) is 5.43 Å². The molecule has 4 aromatic carbocycles. The van der Waals surface area contributed by atoms with E-state index in [2.05, 4.69) is 95.3 Å². The van der Waals surface area contributed by atoms with E-state index in [0.717, 1.165) is 11.4 Å². The first-order chi connectivity index (χ1) is 16.7. The zero-order valence-electron chi connectivity index (χ0n) is 18.9. The van der Waals surface area contributed by atoms with Gasteiger partial charge in [0.2, 0.25) is 0 Å². The maximum absolute atomic E-state index is 12.4. The number of carbonyl (C=O) groups excluding carboxylic acids is 1. The van der Waals surface area contributed by atoms with Crippen molar-refractivity contribution in [3.63, 3.8) is 0 Å². The highest BCUT2D eigenvalue weighted by molar-refractivity contribution is 5.94. The Morgan fingerprint density at radius 1 is 0.765 bits per heavy atom. The van der Waals surface area contributed by atoms with Crippen LogP contribution in [0.4, 0.5) is 5.69 Å². The minimum atomic E-state index is -0.511. The number of hydrazone groups is 1. The van der Waals surface area contributed by atoms with Crippen LogP contribution in [0, 0.1) is 0 Å². The standard InChI is InChI=1S/C30H25N3O/c1-33-27-20-12-11-19-26(27)30(24-15-7-3-8-16-24,25-17-9-4-10-18-25)28(33)21-22-31-32-29(34)23-13-5-2-6-14-23/h2-22H,1H3,(H,32,34)/b28-21-,31-22+. The smallest absolute Gasteiger partial charge is 0.271 e. The molecule has 1 amide bonds. The van der Waals surface area contributed by atoms with Crippen LogP contribution in [0.2, 0.25) is 0 Å². The van der Waals surface area contributed by atoms with Crippen LogP contribution in [0.3, 0.4) is 0 Å². The summed E-state index contributed by atoms with van der Waals surface area (Å²) in [5.41, 5.74) is 8.45. The van der Waals surface area contributed by atoms with Gasteiger partial charge in [0.25, 0.3) is 5.91 Å². The van der Waals surface area contributed by atoms with E-state index in [0.29, 0.717) is 5.56 Å². The SMILES string of the molecule is CN1/C(=C\C=N\NC(=O)c2ccccc2)C(c2ccccc2)(c2ccccc2)c2ccccc21. The fraction of sp³-hybridized carbons (Fsp3) is 0.0667. The predicted molar refractivity (Wildman–Crippen MR) is 138 cm³/mol. The van der Waals surface area contributed by atoms with E-state index in [1.807, 2.05) is 36.4 Å². The van der Waals surface area contributed by atoms with Gasteiger partial charge in [-0.05, 0) is 41.0 Å². The van der Waals surface area contributed by atoms with Crippen molar-refractivity contribution in [1.29, 1.82) is 0 Å². The van der Waals surface area contributed by atoms with Gasteiger partial charge < -0.3 is 4.90 Å². The van der Waals surface area contributed by atoms with Gasteiger partial charge in [-0.15, -0.1) is 0 Å². The van der Waals surface area contributed by atoms with E-state index in [4.69, 9.17) is 0 Å². The summed E-state index contributed by atoms with van der Waals surface area (Å²) in [4.78, 5) is 14.6. The van der Waals surface area contributed by atoms with Crippen molar-refractivity contribution in [3.8, 4) is 0 Å². The summed E-state index contributed by atoms with van der Waals surface area (Å²) in [6, 6.07) is 38.6. The molecular formula is C30H25N3O. The molecule has 0 unspecified atom stereocenters. The number of likely N-dealkylation sites (N-methyl/N-ethyl adjacent to an activating group) is 1. The summed E-state index contributed by atoms with van der Waals surface area (Å²) in [5.74, 6) is -0.240. The number of nitrogens with one attached hydrogen (secondary N) is 1. The number of rotatable bonds is 5.